The molecule has 0 radical (unpaired) electrons. The highest BCUT2D eigenvalue weighted by Crippen LogP contribution is 2.36. The lowest BCUT2D eigenvalue weighted by molar-refractivity contribution is -0.384. The predicted octanol–water partition coefficient (Wildman–Crippen LogP) is 5.29. The van der Waals surface area contributed by atoms with Crippen molar-refractivity contribution in [2.45, 2.75) is 19.3 Å². The number of nitro groups is 1. The number of carbonyl (C=O) groups is 1. The molecule has 1 N–H and O–H groups in total. The fraction of sp³-hybridized carbons (Fsp3) is 0.136. The summed E-state index contributed by atoms with van der Waals surface area (Å²) in [6.07, 6.45) is 0. The van der Waals surface area contributed by atoms with Gasteiger partial charge in [-0.25, -0.2) is 4.79 Å². The van der Waals surface area contributed by atoms with Crippen LogP contribution >= 0.6 is 0 Å². The Morgan fingerprint density at radius 2 is 1.48 bits per heavy atom. The standard InChI is InChI=1S/C22H19NO4/c1-22(2,16-7-4-3-5-8-16)17-13-11-15(12-14-17)18-9-6-10-19(21(24)25)20(18)23(26)27/h3-14H,1-2H3,(H,24,25). The number of hydrogen-bond acceptors (Lipinski definition) is 3. The zero-order valence-corrected chi connectivity index (χ0v) is 15.0. The number of carboxylic acids is 1. The van der Waals surface area contributed by atoms with Crippen LogP contribution in [0.2, 0.25) is 0 Å². The van der Waals surface area contributed by atoms with Crippen molar-refractivity contribution < 1.29 is 14.8 Å². The lowest BCUT2D eigenvalue weighted by Crippen LogP contribution is -2.18. The molecule has 0 spiro atoms. The lowest BCUT2D eigenvalue weighted by Gasteiger charge is -2.26. The third kappa shape index (κ3) is 3.44. The van der Waals surface area contributed by atoms with Crippen molar-refractivity contribution in [3.8, 4) is 11.1 Å². The fourth-order valence-corrected chi connectivity index (χ4v) is 3.23. The minimum Gasteiger partial charge on any atom is -0.477 e. The van der Waals surface area contributed by atoms with E-state index in [2.05, 4.69) is 26.0 Å². The summed E-state index contributed by atoms with van der Waals surface area (Å²) in [6, 6.07) is 21.9. The van der Waals surface area contributed by atoms with Gasteiger partial charge in [-0.3, -0.25) is 10.1 Å². The van der Waals surface area contributed by atoms with E-state index < -0.39 is 10.9 Å². The third-order valence-electron chi connectivity index (χ3n) is 4.86. The molecule has 0 heterocycles. The van der Waals surface area contributed by atoms with Crippen LogP contribution in [0.1, 0.15) is 35.3 Å². The van der Waals surface area contributed by atoms with E-state index in [0.29, 0.717) is 11.1 Å². The van der Waals surface area contributed by atoms with Crippen molar-refractivity contribution in [2.24, 2.45) is 0 Å². The van der Waals surface area contributed by atoms with Gasteiger partial charge in [0.25, 0.3) is 5.69 Å². The minimum absolute atomic E-state index is 0.228. The molecule has 3 aromatic carbocycles. The molecule has 0 aliphatic heterocycles. The average molecular weight is 361 g/mol. The second kappa shape index (κ2) is 7.03. The Bertz CT molecular complexity index is 993. The highest BCUT2D eigenvalue weighted by atomic mass is 16.6. The first kappa shape index (κ1) is 18.3. The van der Waals surface area contributed by atoms with Crippen molar-refractivity contribution in [3.63, 3.8) is 0 Å². The average Bonchev–Trinajstić information content (AvgIpc) is 2.68. The van der Waals surface area contributed by atoms with Gasteiger partial charge in [-0.2, -0.15) is 0 Å². The third-order valence-corrected chi connectivity index (χ3v) is 4.86. The van der Waals surface area contributed by atoms with Crippen molar-refractivity contribution in [2.75, 3.05) is 0 Å². The van der Waals surface area contributed by atoms with Crippen LogP contribution in [0.5, 0.6) is 0 Å². The summed E-state index contributed by atoms with van der Waals surface area (Å²) in [5, 5.41) is 20.7. The molecule has 0 aliphatic rings. The van der Waals surface area contributed by atoms with E-state index in [1.54, 1.807) is 18.2 Å². The Kier molecular flexibility index (Phi) is 4.77. The summed E-state index contributed by atoms with van der Waals surface area (Å²) in [5.74, 6) is -1.31. The molecule has 0 bridgehead atoms. The first-order valence-corrected chi connectivity index (χ1v) is 8.49. The zero-order valence-electron chi connectivity index (χ0n) is 15.0. The van der Waals surface area contributed by atoms with Crippen LogP contribution in [0.4, 0.5) is 5.69 Å². The normalized spacial score (nSPS) is 11.2. The van der Waals surface area contributed by atoms with Gasteiger partial charge in [-0.05, 0) is 28.8 Å². The van der Waals surface area contributed by atoms with E-state index >= 15 is 0 Å². The van der Waals surface area contributed by atoms with Crippen LogP contribution in [0.25, 0.3) is 11.1 Å². The van der Waals surface area contributed by atoms with E-state index in [-0.39, 0.29) is 16.7 Å². The van der Waals surface area contributed by atoms with Gasteiger partial charge in [-0.1, -0.05) is 74.5 Å². The molecule has 0 fully saturated rings. The fourth-order valence-electron chi connectivity index (χ4n) is 3.23. The number of benzene rings is 3. The molecule has 0 aliphatic carbocycles. The van der Waals surface area contributed by atoms with E-state index in [0.717, 1.165) is 11.1 Å². The molecule has 0 saturated heterocycles. The van der Waals surface area contributed by atoms with Crippen LogP contribution in [0.3, 0.4) is 0 Å². The van der Waals surface area contributed by atoms with E-state index in [1.165, 1.54) is 12.1 Å². The maximum Gasteiger partial charge on any atom is 0.342 e. The second-order valence-electron chi connectivity index (χ2n) is 6.83. The van der Waals surface area contributed by atoms with Gasteiger partial charge in [0.1, 0.15) is 5.56 Å². The van der Waals surface area contributed by atoms with Crippen molar-refractivity contribution >= 4 is 11.7 Å². The van der Waals surface area contributed by atoms with E-state index in [4.69, 9.17) is 0 Å². The summed E-state index contributed by atoms with van der Waals surface area (Å²) in [5.41, 5.74) is 2.20. The van der Waals surface area contributed by atoms with Gasteiger partial charge in [0.15, 0.2) is 0 Å². The largest absolute Gasteiger partial charge is 0.477 e. The summed E-state index contributed by atoms with van der Waals surface area (Å²) < 4.78 is 0. The van der Waals surface area contributed by atoms with Crippen molar-refractivity contribution in [1.29, 1.82) is 0 Å². The Hall–Kier alpha value is -3.47. The SMILES string of the molecule is CC(C)(c1ccccc1)c1ccc(-c2cccc(C(=O)O)c2[N+](=O)[O-])cc1. The number of carboxylic acid groups (broad SMARTS) is 1. The Labute approximate surface area is 157 Å². The lowest BCUT2D eigenvalue weighted by atomic mass is 9.78. The van der Waals surface area contributed by atoms with Crippen molar-refractivity contribution in [3.05, 3.63) is 99.6 Å². The van der Waals surface area contributed by atoms with Crippen LogP contribution in [-0.4, -0.2) is 16.0 Å². The van der Waals surface area contributed by atoms with Gasteiger partial charge in [0.05, 0.1) is 10.5 Å². The molecule has 0 unspecified atom stereocenters. The van der Waals surface area contributed by atoms with Gasteiger partial charge in [0.2, 0.25) is 0 Å². The summed E-state index contributed by atoms with van der Waals surface area (Å²) >= 11 is 0. The first-order valence-electron chi connectivity index (χ1n) is 8.49. The summed E-state index contributed by atoms with van der Waals surface area (Å²) in [7, 11) is 0. The second-order valence-corrected chi connectivity index (χ2v) is 6.83. The van der Waals surface area contributed by atoms with Crippen LogP contribution in [0, 0.1) is 10.1 Å². The van der Waals surface area contributed by atoms with E-state index in [9.17, 15) is 20.0 Å². The van der Waals surface area contributed by atoms with Gasteiger partial charge < -0.3 is 5.11 Å². The molecule has 3 aromatic rings. The van der Waals surface area contributed by atoms with Gasteiger partial charge >= 0.3 is 5.97 Å². The molecule has 27 heavy (non-hydrogen) atoms. The minimum atomic E-state index is -1.31. The van der Waals surface area contributed by atoms with Crippen LogP contribution in [-0.2, 0) is 5.41 Å². The molecule has 5 nitrogen and oxygen atoms in total. The number of aromatic carboxylic acids is 1. The Balaban J connectivity index is 2.06. The molecule has 136 valence electrons. The zero-order chi connectivity index (χ0) is 19.6. The Morgan fingerprint density at radius 3 is 2.04 bits per heavy atom. The topological polar surface area (TPSA) is 80.4 Å². The number of para-hydroxylation sites is 1. The molecule has 0 aromatic heterocycles. The maximum atomic E-state index is 11.5. The summed E-state index contributed by atoms with van der Waals surface area (Å²) in [4.78, 5) is 22.2. The maximum absolute atomic E-state index is 11.5. The van der Waals surface area contributed by atoms with Crippen molar-refractivity contribution in [1.82, 2.24) is 0 Å². The molecule has 0 atom stereocenters. The molecular weight excluding hydrogens is 342 g/mol. The first-order chi connectivity index (χ1) is 12.8. The van der Waals surface area contributed by atoms with Crippen LogP contribution < -0.4 is 0 Å². The highest BCUT2D eigenvalue weighted by molar-refractivity contribution is 5.96. The molecule has 0 saturated carbocycles. The number of nitro benzene ring substituents is 1. The molecular formula is C22H19NO4. The van der Waals surface area contributed by atoms with Crippen LogP contribution in [0.15, 0.2) is 72.8 Å². The number of rotatable bonds is 5. The van der Waals surface area contributed by atoms with Gasteiger partial charge in [0, 0.05) is 5.41 Å². The quantitative estimate of drug-likeness (QED) is 0.495. The number of hydrogen-bond donors (Lipinski definition) is 1. The predicted molar refractivity (Wildman–Crippen MR) is 104 cm³/mol. The molecule has 0 amide bonds. The van der Waals surface area contributed by atoms with Gasteiger partial charge in [-0.15, -0.1) is 0 Å². The molecule has 5 heteroatoms. The summed E-state index contributed by atoms with van der Waals surface area (Å²) in [6.45, 7) is 4.23. The Morgan fingerprint density at radius 1 is 0.889 bits per heavy atom. The monoisotopic (exact) mass is 361 g/mol. The highest BCUT2D eigenvalue weighted by Gasteiger charge is 2.26. The molecule has 3 rings (SSSR count). The smallest absolute Gasteiger partial charge is 0.342 e. The number of nitrogens with zero attached hydrogens (tertiary/aromatic N) is 1. The van der Waals surface area contributed by atoms with E-state index in [1.807, 2.05) is 30.3 Å².